The van der Waals surface area contributed by atoms with Crippen molar-refractivity contribution in [1.29, 1.82) is 0 Å². The van der Waals surface area contributed by atoms with Gasteiger partial charge in [-0.3, -0.25) is 30.3 Å². The van der Waals surface area contributed by atoms with Crippen LogP contribution in [0.5, 0.6) is 5.75 Å². The second-order valence-corrected chi connectivity index (χ2v) is 4.61. The second kappa shape index (κ2) is 8.69. The highest BCUT2D eigenvalue weighted by atomic mass is 16.6. The lowest BCUT2D eigenvalue weighted by atomic mass is 10.2. The molecular formula is C12H18N4O8. The summed E-state index contributed by atoms with van der Waals surface area (Å²) in [7, 11) is 0. The van der Waals surface area contributed by atoms with Crippen LogP contribution in [0.25, 0.3) is 0 Å². The van der Waals surface area contributed by atoms with Crippen LogP contribution in [0.1, 0.15) is 20.8 Å². The zero-order valence-electron chi connectivity index (χ0n) is 13.4. The molecule has 1 aromatic rings. The van der Waals surface area contributed by atoms with Gasteiger partial charge in [0.2, 0.25) is 0 Å². The minimum Gasteiger partial charge on any atom is -0.633 e. The average Bonchev–Trinajstić information content (AvgIpc) is 2.54. The van der Waals surface area contributed by atoms with Crippen molar-refractivity contribution in [2.45, 2.75) is 20.8 Å². The van der Waals surface area contributed by atoms with Crippen LogP contribution in [0.2, 0.25) is 0 Å². The largest absolute Gasteiger partial charge is 0.633 e. The summed E-state index contributed by atoms with van der Waals surface area (Å²) in [5.41, 5.74) is -3.00. The van der Waals surface area contributed by atoms with E-state index in [0.29, 0.717) is 31.8 Å². The third kappa shape index (κ3) is 5.40. The number of phenolic OH excluding ortho intramolecular Hbond substituents is 1. The summed E-state index contributed by atoms with van der Waals surface area (Å²) < 4.78 is -0.0417. The summed E-state index contributed by atoms with van der Waals surface area (Å²) in [4.78, 5) is 27.8. The van der Waals surface area contributed by atoms with Crippen LogP contribution >= 0.6 is 0 Å². The third-order valence-corrected chi connectivity index (χ3v) is 3.39. The summed E-state index contributed by atoms with van der Waals surface area (Å²) in [5, 5.41) is 51.4. The molecule has 0 saturated heterocycles. The average molecular weight is 346 g/mol. The van der Waals surface area contributed by atoms with Crippen molar-refractivity contribution in [1.82, 2.24) is 0 Å². The van der Waals surface area contributed by atoms with Crippen molar-refractivity contribution in [2.24, 2.45) is 0 Å². The Bertz CT molecular complexity index is 586. The van der Waals surface area contributed by atoms with Gasteiger partial charge in [0.05, 0.1) is 46.5 Å². The monoisotopic (exact) mass is 346 g/mol. The van der Waals surface area contributed by atoms with E-state index in [9.17, 15) is 35.6 Å². The van der Waals surface area contributed by atoms with Gasteiger partial charge >= 0.3 is 11.4 Å². The third-order valence-electron chi connectivity index (χ3n) is 3.39. The highest BCUT2D eigenvalue weighted by Crippen LogP contribution is 2.38. The normalized spacial score (nSPS) is 10.5. The van der Waals surface area contributed by atoms with Crippen molar-refractivity contribution >= 4 is 17.1 Å². The topological polar surface area (TPSA) is 173 Å². The second-order valence-electron chi connectivity index (χ2n) is 4.61. The Morgan fingerprint density at radius 3 is 1.38 bits per heavy atom. The molecule has 24 heavy (non-hydrogen) atoms. The molecule has 12 nitrogen and oxygen atoms in total. The number of rotatable bonds is 6. The van der Waals surface area contributed by atoms with Gasteiger partial charge in [-0.2, -0.15) is 0 Å². The fraction of sp³-hybridized carbons (Fsp3) is 0.500. The molecule has 0 amide bonds. The van der Waals surface area contributed by atoms with E-state index in [1.54, 1.807) is 0 Å². The number of non-ortho nitro benzene ring substituents is 1. The number of nitro benzene ring substituents is 3. The van der Waals surface area contributed by atoms with Gasteiger partial charge in [0, 0.05) is 0 Å². The van der Waals surface area contributed by atoms with Crippen LogP contribution in [-0.4, -0.2) is 44.2 Å². The molecule has 1 N–H and O–H groups in total. The van der Waals surface area contributed by atoms with Crippen molar-refractivity contribution in [3.63, 3.8) is 0 Å². The molecule has 134 valence electrons. The van der Waals surface area contributed by atoms with E-state index in [1.807, 2.05) is 20.8 Å². The van der Waals surface area contributed by atoms with Gasteiger partial charge in [0.1, 0.15) is 0 Å². The molecular weight excluding hydrogens is 328 g/mol. The standard InChI is InChI=1S/C6H3N3O7.C6H15NO/c10-6-4(8(13)14)1-3(7(11)12)2-5(6)9(15)16;1-4-7(8,5-2)6-3/h1-2,10H;4-6H2,1-3H3. The number of hydrogen-bond acceptors (Lipinski definition) is 8. The molecule has 1 rings (SSSR count). The molecule has 0 radical (unpaired) electrons. The van der Waals surface area contributed by atoms with Gasteiger partial charge in [-0.15, -0.1) is 0 Å². The summed E-state index contributed by atoms with van der Waals surface area (Å²) in [6.45, 7) is 7.90. The van der Waals surface area contributed by atoms with Crippen molar-refractivity contribution in [3.8, 4) is 5.75 Å². The first-order valence-electron chi connectivity index (χ1n) is 6.90. The summed E-state index contributed by atoms with van der Waals surface area (Å²) in [6, 6.07) is 0.894. The van der Waals surface area contributed by atoms with Crippen LogP contribution in [0.4, 0.5) is 17.1 Å². The molecule has 0 aliphatic rings. The predicted octanol–water partition coefficient (Wildman–Crippen LogP) is 2.48. The number of nitrogens with zero attached hydrogens (tertiary/aromatic N) is 4. The van der Waals surface area contributed by atoms with Crippen LogP contribution < -0.4 is 0 Å². The number of quaternary nitrogens is 1. The zero-order chi connectivity index (χ0) is 19.1. The molecule has 0 atom stereocenters. The number of hydrogen-bond donors (Lipinski definition) is 1. The Kier molecular flexibility index (Phi) is 7.65. The van der Waals surface area contributed by atoms with Crippen molar-refractivity contribution in [2.75, 3.05) is 19.6 Å². The smallest absolute Gasteiger partial charge is 0.324 e. The van der Waals surface area contributed by atoms with E-state index >= 15 is 0 Å². The Labute approximate surface area is 136 Å². The van der Waals surface area contributed by atoms with Gasteiger partial charge < -0.3 is 15.0 Å². The predicted molar refractivity (Wildman–Crippen MR) is 83.3 cm³/mol. The Morgan fingerprint density at radius 2 is 1.21 bits per heavy atom. The number of aromatic hydroxyl groups is 1. The molecule has 0 saturated carbocycles. The van der Waals surface area contributed by atoms with Crippen LogP contribution in [0.15, 0.2) is 12.1 Å². The highest BCUT2D eigenvalue weighted by molar-refractivity contribution is 5.64. The fourth-order valence-corrected chi connectivity index (χ4v) is 1.64. The molecule has 12 heteroatoms. The van der Waals surface area contributed by atoms with Gasteiger partial charge in [-0.1, -0.05) is 0 Å². The number of benzene rings is 1. The van der Waals surface area contributed by atoms with E-state index in [0.717, 1.165) is 0 Å². The van der Waals surface area contributed by atoms with Crippen LogP contribution in [-0.2, 0) is 0 Å². The van der Waals surface area contributed by atoms with E-state index in [1.165, 1.54) is 0 Å². The number of nitro groups is 3. The first-order valence-corrected chi connectivity index (χ1v) is 6.90. The molecule has 0 fully saturated rings. The zero-order valence-corrected chi connectivity index (χ0v) is 13.4. The maximum atomic E-state index is 11.1. The van der Waals surface area contributed by atoms with E-state index in [2.05, 4.69) is 0 Å². The molecule has 1 aromatic carbocycles. The Hall–Kier alpha value is -2.86. The van der Waals surface area contributed by atoms with Gasteiger partial charge in [-0.25, -0.2) is 0 Å². The molecule has 0 aliphatic carbocycles. The maximum absolute atomic E-state index is 11.1. The van der Waals surface area contributed by atoms with Gasteiger partial charge in [0.15, 0.2) is 0 Å². The Morgan fingerprint density at radius 1 is 0.875 bits per heavy atom. The SMILES string of the molecule is CC[N+]([O-])(CC)CC.O=[N+]([O-])c1cc([N+](=O)[O-])c(O)c([N+](=O)[O-])c1. The van der Waals surface area contributed by atoms with E-state index < -0.39 is 37.6 Å². The lowest BCUT2D eigenvalue weighted by molar-refractivity contribution is -0.875. The number of phenols is 1. The molecule has 0 aliphatic heterocycles. The van der Waals surface area contributed by atoms with Crippen molar-refractivity contribution < 1.29 is 24.5 Å². The van der Waals surface area contributed by atoms with E-state index in [4.69, 9.17) is 5.11 Å². The maximum Gasteiger partial charge on any atom is 0.324 e. The Balaban J connectivity index is 0.000000561. The summed E-state index contributed by atoms with van der Waals surface area (Å²) >= 11 is 0. The van der Waals surface area contributed by atoms with E-state index in [-0.39, 0.29) is 4.65 Å². The quantitative estimate of drug-likeness (QED) is 0.464. The summed E-state index contributed by atoms with van der Waals surface area (Å²) in [6.07, 6.45) is 0. The molecule has 0 spiro atoms. The lowest BCUT2D eigenvalue weighted by Gasteiger charge is -2.39. The minimum atomic E-state index is -1.21. The molecule has 0 bridgehead atoms. The van der Waals surface area contributed by atoms with Crippen LogP contribution in [0, 0.1) is 35.6 Å². The highest BCUT2D eigenvalue weighted by Gasteiger charge is 2.30. The summed E-state index contributed by atoms with van der Waals surface area (Å²) in [5.74, 6) is -1.21. The number of hydroxylamine groups is 3. The minimum absolute atomic E-state index is 0.0417. The molecule has 0 unspecified atom stereocenters. The fourth-order valence-electron chi connectivity index (χ4n) is 1.64. The van der Waals surface area contributed by atoms with Gasteiger partial charge in [0.25, 0.3) is 11.4 Å². The first-order chi connectivity index (χ1) is 11.0. The van der Waals surface area contributed by atoms with Crippen LogP contribution in [0.3, 0.4) is 0 Å². The molecule has 0 aromatic heterocycles. The molecule has 0 heterocycles. The first kappa shape index (κ1) is 21.1. The lowest BCUT2D eigenvalue weighted by Crippen LogP contribution is -2.41. The van der Waals surface area contributed by atoms with Gasteiger partial charge in [-0.05, 0) is 20.8 Å². The van der Waals surface area contributed by atoms with Crippen molar-refractivity contribution in [3.05, 3.63) is 47.7 Å².